The van der Waals surface area contributed by atoms with Crippen molar-refractivity contribution in [1.29, 1.82) is 0 Å². The van der Waals surface area contributed by atoms with Gasteiger partial charge in [0.25, 0.3) is 0 Å². The molecule has 1 aromatic rings. The highest BCUT2D eigenvalue weighted by atomic mass is 32.1. The lowest BCUT2D eigenvalue weighted by molar-refractivity contribution is -0.140. The highest BCUT2D eigenvalue weighted by Gasteiger charge is 2.24. The molecule has 1 unspecified atom stereocenters. The van der Waals surface area contributed by atoms with Crippen molar-refractivity contribution >= 4 is 22.4 Å². The zero-order chi connectivity index (χ0) is 15.2. The largest absolute Gasteiger partial charge is 0.469 e. The fourth-order valence-corrected chi connectivity index (χ4v) is 3.67. The van der Waals surface area contributed by atoms with Crippen LogP contribution in [0.5, 0.6) is 0 Å². The number of rotatable bonds is 7. The molecule has 1 aliphatic heterocycles. The molecule has 2 heterocycles. The van der Waals surface area contributed by atoms with Gasteiger partial charge >= 0.3 is 5.97 Å². The Bertz CT molecular complexity index is 464. The van der Waals surface area contributed by atoms with Crippen LogP contribution in [0.1, 0.15) is 31.9 Å². The average molecular weight is 311 g/mol. The van der Waals surface area contributed by atoms with E-state index in [0.717, 1.165) is 23.9 Å². The number of hydrogen-bond acceptors (Lipinski definition) is 6. The Morgan fingerprint density at radius 3 is 3.14 bits per heavy atom. The van der Waals surface area contributed by atoms with Gasteiger partial charge in [-0.05, 0) is 25.9 Å². The van der Waals surface area contributed by atoms with Gasteiger partial charge in [0.2, 0.25) is 0 Å². The third-order valence-corrected chi connectivity index (χ3v) is 5.07. The number of methoxy groups -OCH3 is 1. The van der Waals surface area contributed by atoms with Crippen LogP contribution in [0.15, 0.2) is 5.38 Å². The molecule has 1 fully saturated rings. The van der Waals surface area contributed by atoms with Gasteiger partial charge in [0.15, 0.2) is 5.13 Å². The standard InChI is InChI=1S/C15H25N3O2S/c1-4-18-9-5-6-13(18)10-17(2)15-16-12(11-21-15)7-8-14(19)20-3/h11,13H,4-10H2,1-3H3. The van der Waals surface area contributed by atoms with Crippen molar-refractivity contribution < 1.29 is 9.53 Å². The number of carbonyl (C=O) groups excluding carboxylic acids is 1. The van der Waals surface area contributed by atoms with Crippen LogP contribution in [0, 0.1) is 0 Å². The molecule has 0 spiro atoms. The molecule has 1 saturated heterocycles. The Labute approximate surface area is 130 Å². The quantitative estimate of drug-likeness (QED) is 0.722. The van der Waals surface area contributed by atoms with E-state index in [4.69, 9.17) is 0 Å². The number of esters is 1. The Morgan fingerprint density at radius 1 is 1.62 bits per heavy atom. The van der Waals surface area contributed by atoms with Gasteiger partial charge in [-0.15, -0.1) is 11.3 Å². The number of ether oxygens (including phenoxy) is 1. The van der Waals surface area contributed by atoms with Crippen LogP contribution < -0.4 is 4.90 Å². The van der Waals surface area contributed by atoms with Gasteiger partial charge in [-0.1, -0.05) is 6.92 Å². The van der Waals surface area contributed by atoms with Gasteiger partial charge in [0, 0.05) is 31.4 Å². The highest BCUT2D eigenvalue weighted by Crippen LogP contribution is 2.23. The summed E-state index contributed by atoms with van der Waals surface area (Å²) >= 11 is 1.65. The lowest BCUT2D eigenvalue weighted by atomic mass is 10.2. The Morgan fingerprint density at radius 2 is 2.43 bits per heavy atom. The van der Waals surface area contributed by atoms with Crippen molar-refractivity contribution in [3.63, 3.8) is 0 Å². The number of aromatic nitrogens is 1. The van der Waals surface area contributed by atoms with Crippen molar-refractivity contribution in [1.82, 2.24) is 9.88 Å². The zero-order valence-electron chi connectivity index (χ0n) is 13.2. The van der Waals surface area contributed by atoms with E-state index < -0.39 is 0 Å². The van der Waals surface area contributed by atoms with E-state index >= 15 is 0 Å². The van der Waals surface area contributed by atoms with Crippen LogP contribution in [0.2, 0.25) is 0 Å². The summed E-state index contributed by atoms with van der Waals surface area (Å²) in [6.07, 6.45) is 3.63. The highest BCUT2D eigenvalue weighted by molar-refractivity contribution is 7.13. The molecule has 5 nitrogen and oxygen atoms in total. The van der Waals surface area contributed by atoms with E-state index in [0.29, 0.717) is 18.9 Å². The smallest absolute Gasteiger partial charge is 0.305 e. The second-order valence-electron chi connectivity index (χ2n) is 5.50. The maximum Gasteiger partial charge on any atom is 0.305 e. The molecule has 1 aliphatic rings. The monoisotopic (exact) mass is 311 g/mol. The van der Waals surface area contributed by atoms with Gasteiger partial charge in [-0.3, -0.25) is 9.69 Å². The van der Waals surface area contributed by atoms with E-state index in [-0.39, 0.29) is 5.97 Å². The summed E-state index contributed by atoms with van der Waals surface area (Å²) < 4.78 is 4.66. The second-order valence-corrected chi connectivity index (χ2v) is 6.34. The molecule has 1 aromatic heterocycles. The lowest BCUT2D eigenvalue weighted by Gasteiger charge is -2.27. The van der Waals surface area contributed by atoms with Crippen molar-refractivity contribution in [3.05, 3.63) is 11.1 Å². The number of likely N-dealkylation sites (tertiary alicyclic amines) is 1. The maximum atomic E-state index is 11.2. The average Bonchev–Trinajstić information content (AvgIpc) is 3.13. The first-order valence-electron chi connectivity index (χ1n) is 7.60. The van der Waals surface area contributed by atoms with Gasteiger partial charge in [0.1, 0.15) is 0 Å². The molecule has 1 atom stereocenters. The molecule has 0 aliphatic carbocycles. The minimum Gasteiger partial charge on any atom is -0.469 e. The van der Waals surface area contributed by atoms with Crippen LogP contribution in [0.25, 0.3) is 0 Å². The lowest BCUT2D eigenvalue weighted by Crippen LogP contribution is -2.38. The summed E-state index contributed by atoms with van der Waals surface area (Å²) in [5.74, 6) is -0.178. The SMILES string of the molecule is CCN1CCCC1CN(C)c1nc(CCC(=O)OC)cs1. The van der Waals surface area contributed by atoms with Gasteiger partial charge < -0.3 is 9.64 Å². The predicted octanol–water partition coefficient (Wildman–Crippen LogP) is 2.17. The van der Waals surface area contributed by atoms with E-state index in [1.807, 2.05) is 5.38 Å². The topological polar surface area (TPSA) is 45.7 Å². The molecule has 0 amide bonds. The van der Waals surface area contributed by atoms with Gasteiger partial charge in [-0.2, -0.15) is 0 Å². The maximum absolute atomic E-state index is 11.2. The summed E-state index contributed by atoms with van der Waals surface area (Å²) in [4.78, 5) is 20.6. The molecule has 0 N–H and O–H groups in total. The fraction of sp³-hybridized carbons (Fsp3) is 0.733. The predicted molar refractivity (Wildman–Crippen MR) is 86.0 cm³/mol. The summed E-state index contributed by atoms with van der Waals surface area (Å²) in [5.41, 5.74) is 0.978. The molecule has 0 aromatic carbocycles. The van der Waals surface area contributed by atoms with E-state index in [2.05, 4.69) is 33.5 Å². The summed E-state index contributed by atoms with van der Waals surface area (Å²) in [6, 6.07) is 0.641. The number of nitrogens with zero attached hydrogens (tertiary/aromatic N) is 3. The Hall–Kier alpha value is -1.14. The van der Waals surface area contributed by atoms with Crippen molar-refractivity contribution in [3.8, 4) is 0 Å². The summed E-state index contributed by atoms with van der Waals surface area (Å²) in [7, 11) is 3.53. The van der Waals surface area contributed by atoms with E-state index in [1.165, 1.54) is 26.5 Å². The normalized spacial score (nSPS) is 18.9. The third kappa shape index (κ3) is 4.41. The van der Waals surface area contributed by atoms with Crippen molar-refractivity contribution in [2.24, 2.45) is 0 Å². The number of carbonyl (C=O) groups is 1. The van der Waals surface area contributed by atoms with Crippen LogP contribution >= 0.6 is 11.3 Å². The van der Waals surface area contributed by atoms with Crippen LogP contribution in [0.4, 0.5) is 5.13 Å². The summed E-state index contributed by atoms with van der Waals surface area (Å²) in [6.45, 7) is 5.60. The molecule has 2 rings (SSSR count). The van der Waals surface area contributed by atoms with Gasteiger partial charge in [0.05, 0.1) is 19.2 Å². The number of likely N-dealkylation sites (N-methyl/N-ethyl adjacent to an activating group) is 2. The van der Waals surface area contributed by atoms with Crippen LogP contribution in [-0.2, 0) is 16.0 Å². The third-order valence-electron chi connectivity index (χ3n) is 4.07. The van der Waals surface area contributed by atoms with Gasteiger partial charge in [-0.25, -0.2) is 4.98 Å². The summed E-state index contributed by atoms with van der Waals surface area (Å²) in [5, 5.41) is 3.08. The first kappa shape index (κ1) is 16.2. The van der Waals surface area contributed by atoms with E-state index in [1.54, 1.807) is 11.3 Å². The zero-order valence-corrected chi connectivity index (χ0v) is 14.0. The van der Waals surface area contributed by atoms with Crippen molar-refractivity contribution in [2.45, 2.75) is 38.6 Å². The molecule has 0 saturated carbocycles. The van der Waals surface area contributed by atoms with Crippen LogP contribution in [-0.4, -0.2) is 55.7 Å². The Balaban J connectivity index is 1.86. The number of hydrogen-bond donors (Lipinski definition) is 0. The fourth-order valence-electron chi connectivity index (χ4n) is 2.83. The molecular formula is C15H25N3O2S. The molecule has 0 bridgehead atoms. The molecule has 6 heteroatoms. The first-order valence-corrected chi connectivity index (χ1v) is 8.48. The molecule has 0 radical (unpaired) electrons. The number of anilines is 1. The minimum absolute atomic E-state index is 0.178. The first-order chi connectivity index (χ1) is 10.1. The number of aryl methyl sites for hydroxylation is 1. The van der Waals surface area contributed by atoms with E-state index in [9.17, 15) is 4.79 Å². The Kier molecular flexibility index (Phi) is 5.99. The van der Waals surface area contributed by atoms with Crippen molar-refractivity contribution in [2.75, 3.05) is 38.7 Å². The van der Waals surface area contributed by atoms with Crippen LogP contribution in [0.3, 0.4) is 0 Å². The molecule has 118 valence electrons. The molecule has 21 heavy (non-hydrogen) atoms. The second kappa shape index (κ2) is 7.75. The number of thiazole rings is 1. The molecular weight excluding hydrogens is 286 g/mol. The minimum atomic E-state index is -0.178.